The van der Waals surface area contributed by atoms with Gasteiger partial charge in [-0.25, -0.2) is 0 Å². The maximum atomic E-state index is 12.0. The molecule has 4 heteroatoms. The molecule has 0 radical (unpaired) electrons. The number of carbonyl (C=O) groups is 1. The van der Waals surface area contributed by atoms with Gasteiger partial charge in [0.25, 0.3) is 5.91 Å². The summed E-state index contributed by atoms with van der Waals surface area (Å²) in [5.74, 6) is 1.30. The summed E-state index contributed by atoms with van der Waals surface area (Å²) in [4.78, 5) is 12.0. The number of carbonyl (C=O) groups excluding carboxylic acids is 1. The molecule has 0 fully saturated rings. The van der Waals surface area contributed by atoms with E-state index in [0.717, 1.165) is 11.3 Å². The predicted molar refractivity (Wildman–Crippen MR) is 81.4 cm³/mol. The Bertz CT molecular complexity index is 584. The van der Waals surface area contributed by atoms with E-state index in [1.165, 1.54) is 0 Å². The lowest BCUT2D eigenvalue weighted by Crippen LogP contribution is -2.35. The Kier molecular flexibility index (Phi) is 5.21. The van der Waals surface area contributed by atoms with Gasteiger partial charge in [0.2, 0.25) is 0 Å². The van der Waals surface area contributed by atoms with Crippen molar-refractivity contribution in [3.63, 3.8) is 0 Å². The van der Waals surface area contributed by atoms with Crippen LogP contribution in [0.2, 0.25) is 0 Å². The lowest BCUT2D eigenvalue weighted by Gasteiger charge is -2.14. The highest BCUT2D eigenvalue weighted by molar-refractivity contribution is 5.80. The summed E-state index contributed by atoms with van der Waals surface area (Å²) in [5.41, 5.74) is 0.981. The van der Waals surface area contributed by atoms with E-state index >= 15 is 0 Å². The van der Waals surface area contributed by atoms with E-state index in [1.807, 2.05) is 54.6 Å². The molecule has 21 heavy (non-hydrogen) atoms. The average molecular weight is 285 g/mol. The van der Waals surface area contributed by atoms with Gasteiger partial charge in [0, 0.05) is 6.54 Å². The zero-order chi connectivity index (χ0) is 15.1. The van der Waals surface area contributed by atoms with Crippen molar-refractivity contribution in [1.82, 2.24) is 5.32 Å². The first kappa shape index (κ1) is 14.9. The van der Waals surface area contributed by atoms with Gasteiger partial charge in [-0.2, -0.15) is 0 Å². The molecule has 2 rings (SSSR count). The molecule has 1 unspecified atom stereocenters. The lowest BCUT2D eigenvalue weighted by atomic mass is 10.2. The van der Waals surface area contributed by atoms with E-state index in [9.17, 15) is 4.79 Å². The molecule has 0 spiro atoms. The normalized spacial score (nSPS) is 11.5. The average Bonchev–Trinajstić information content (AvgIpc) is 2.53. The zero-order valence-electron chi connectivity index (χ0n) is 12.2. The molecule has 1 amide bonds. The smallest absolute Gasteiger partial charge is 0.261 e. The van der Waals surface area contributed by atoms with Crippen molar-refractivity contribution >= 4 is 5.91 Å². The summed E-state index contributed by atoms with van der Waals surface area (Å²) in [6.45, 7) is 2.17. The highest BCUT2D eigenvalue weighted by Crippen LogP contribution is 2.13. The number of amides is 1. The fourth-order valence-electron chi connectivity index (χ4n) is 1.87. The van der Waals surface area contributed by atoms with Crippen LogP contribution in [0.25, 0.3) is 0 Å². The summed E-state index contributed by atoms with van der Waals surface area (Å²) in [6.07, 6.45) is -0.544. The molecule has 2 aromatic rings. The standard InChI is InChI=1S/C17H19NO3/c1-13(21-15-8-4-3-5-9-15)17(19)18-12-14-7-6-10-16(11-14)20-2/h3-11,13H,12H2,1-2H3,(H,18,19). The maximum Gasteiger partial charge on any atom is 0.261 e. The van der Waals surface area contributed by atoms with Crippen molar-refractivity contribution < 1.29 is 14.3 Å². The van der Waals surface area contributed by atoms with Crippen LogP contribution in [-0.4, -0.2) is 19.1 Å². The highest BCUT2D eigenvalue weighted by Gasteiger charge is 2.14. The molecule has 0 saturated carbocycles. The van der Waals surface area contributed by atoms with Gasteiger partial charge in [-0.15, -0.1) is 0 Å². The molecule has 0 aromatic heterocycles. The number of hydrogen-bond acceptors (Lipinski definition) is 3. The first-order chi connectivity index (χ1) is 10.2. The molecule has 4 nitrogen and oxygen atoms in total. The molecule has 0 aliphatic heterocycles. The summed E-state index contributed by atoms with van der Waals surface area (Å²) in [7, 11) is 1.62. The second kappa shape index (κ2) is 7.33. The minimum Gasteiger partial charge on any atom is -0.497 e. The van der Waals surface area contributed by atoms with E-state index in [0.29, 0.717) is 12.3 Å². The van der Waals surface area contributed by atoms with Crippen LogP contribution in [-0.2, 0) is 11.3 Å². The number of ether oxygens (including phenoxy) is 2. The molecule has 0 bridgehead atoms. The Balaban J connectivity index is 1.86. The van der Waals surface area contributed by atoms with Gasteiger partial charge < -0.3 is 14.8 Å². The van der Waals surface area contributed by atoms with E-state index in [4.69, 9.17) is 9.47 Å². The number of methoxy groups -OCH3 is 1. The quantitative estimate of drug-likeness (QED) is 0.887. The fourth-order valence-corrected chi connectivity index (χ4v) is 1.87. The van der Waals surface area contributed by atoms with Crippen LogP contribution in [0, 0.1) is 0 Å². The lowest BCUT2D eigenvalue weighted by molar-refractivity contribution is -0.127. The minimum atomic E-state index is -0.544. The minimum absolute atomic E-state index is 0.151. The Labute approximate surface area is 124 Å². The molecule has 110 valence electrons. The largest absolute Gasteiger partial charge is 0.497 e. The van der Waals surface area contributed by atoms with Crippen molar-refractivity contribution in [3.05, 3.63) is 60.2 Å². The van der Waals surface area contributed by atoms with Gasteiger partial charge in [-0.3, -0.25) is 4.79 Å². The van der Waals surface area contributed by atoms with Crippen LogP contribution >= 0.6 is 0 Å². The third-order valence-corrected chi connectivity index (χ3v) is 3.03. The Morgan fingerprint density at radius 3 is 2.52 bits per heavy atom. The monoisotopic (exact) mass is 285 g/mol. The van der Waals surface area contributed by atoms with Crippen LogP contribution in [0.4, 0.5) is 0 Å². The molecule has 2 aromatic carbocycles. The van der Waals surface area contributed by atoms with Crippen LogP contribution < -0.4 is 14.8 Å². The Morgan fingerprint density at radius 2 is 1.81 bits per heavy atom. The molecule has 1 atom stereocenters. The van der Waals surface area contributed by atoms with Crippen LogP contribution in [0.5, 0.6) is 11.5 Å². The second-order valence-corrected chi connectivity index (χ2v) is 4.64. The zero-order valence-corrected chi connectivity index (χ0v) is 12.2. The van der Waals surface area contributed by atoms with Gasteiger partial charge >= 0.3 is 0 Å². The summed E-state index contributed by atoms with van der Waals surface area (Å²) in [6, 6.07) is 16.9. The topological polar surface area (TPSA) is 47.6 Å². The molecule has 0 heterocycles. The van der Waals surface area contributed by atoms with E-state index in [-0.39, 0.29) is 5.91 Å². The number of rotatable bonds is 6. The van der Waals surface area contributed by atoms with Crippen molar-refractivity contribution in [2.24, 2.45) is 0 Å². The Hall–Kier alpha value is -2.49. The number of benzene rings is 2. The van der Waals surface area contributed by atoms with E-state index in [1.54, 1.807) is 14.0 Å². The number of para-hydroxylation sites is 1. The summed E-state index contributed by atoms with van der Waals surface area (Å²) < 4.78 is 10.7. The molecule has 1 N–H and O–H groups in total. The third-order valence-electron chi connectivity index (χ3n) is 3.03. The maximum absolute atomic E-state index is 12.0. The second-order valence-electron chi connectivity index (χ2n) is 4.64. The van der Waals surface area contributed by atoms with Crippen molar-refractivity contribution in [3.8, 4) is 11.5 Å². The predicted octanol–water partition coefficient (Wildman–Crippen LogP) is 2.78. The Morgan fingerprint density at radius 1 is 1.10 bits per heavy atom. The number of nitrogens with one attached hydrogen (secondary N) is 1. The van der Waals surface area contributed by atoms with Gasteiger partial charge in [-0.05, 0) is 36.8 Å². The molecule has 0 aliphatic carbocycles. The first-order valence-electron chi connectivity index (χ1n) is 6.81. The first-order valence-corrected chi connectivity index (χ1v) is 6.81. The molecule has 0 saturated heterocycles. The van der Waals surface area contributed by atoms with Gasteiger partial charge in [0.05, 0.1) is 7.11 Å². The van der Waals surface area contributed by atoms with Crippen LogP contribution in [0.3, 0.4) is 0 Å². The van der Waals surface area contributed by atoms with Crippen LogP contribution in [0.1, 0.15) is 12.5 Å². The van der Waals surface area contributed by atoms with Gasteiger partial charge in [0.1, 0.15) is 11.5 Å². The van der Waals surface area contributed by atoms with Crippen molar-refractivity contribution in [2.75, 3.05) is 7.11 Å². The molecule has 0 aliphatic rings. The van der Waals surface area contributed by atoms with Crippen LogP contribution in [0.15, 0.2) is 54.6 Å². The third kappa shape index (κ3) is 4.53. The van der Waals surface area contributed by atoms with Crippen molar-refractivity contribution in [1.29, 1.82) is 0 Å². The summed E-state index contributed by atoms with van der Waals surface area (Å²) in [5, 5.41) is 2.85. The van der Waals surface area contributed by atoms with Gasteiger partial charge in [-0.1, -0.05) is 30.3 Å². The number of hydrogen-bond donors (Lipinski definition) is 1. The van der Waals surface area contributed by atoms with Crippen molar-refractivity contribution in [2.45, 2.75) is 19.6 Å². The van der Waals surface area contributed by atoms with Gasteiger partial charge in [0.15, 0.2) is 6.10 Å². The SMILES string of the molecule is COc1cccc(CNC(=O)C(C)Oc2ccccc2)c1. The fraction of sp³-hybridized carbons (Fsp3) is 0.235. The van der Waals surface area contributed by atoms with E-state index in [2.05, 4.69) is 5.32 Å². The van der Waals surface area contributed by atoms with E-state index < -0.39 is 6.10 Å². The highest BCUT2D eigenvalue weighted by atomic mass is 16.5. The molecular formula is C17H19NO3. The summed E-state index contributed by atoms with van der Waals surface area (Å²) >= 11 is 0. The molecular weight excluding hydrogens is 266 g/mol.